The fourth-order valence-corrected chi connectivity index (χ4v) is 2.41. The number of carbonyl (C=O) groups is 1. The van der Waals surface area contributed by atoms with E-state index in [1.54, 1.807) is 31.3 Å². The summed E-state index contributed by atoms with van der Waals surface area (Å²) in [6, 6.07) is 9.70. The van der Waals surface area contributed by atoms with Crippen LogP contribution in [0.15, 0.2) is 42.6 Å². The molecular weight excluding hydrogens is 271 g/mol. The minimum absolute atomic E-state index is 0.247. The number of fused-ring (bicyclic) bond motifs is 1. The van der Waals surface area contributed by atoms with E-state index in [0.29, 0.717) is 27.8 Å². The van der Waals surface area contributed by atoms with Crippen molar-refractivity contribution in [3.63, 3.8) is 0 Å². The van der Waals surface area contributed by atoms with Gasteiger partial charge in [0.25, 0.3) is 0 Å². The van der Waals surface area contributed by atoms with Crippen LogP contribution in [-0.4, -0.2) is 22.7 Å². The number of nitrogens with zero attached hydrogens (tertiary/aromatic N) is 2. The maximum Gasteiger partial charge on any atom is 0.215 e. The van der Waals surface area contributed by atoms with Crippen LogP contribution in [0.25, 0.3) is 10.8 Å². The van der Waals surface area contributed by atoms with E-state index in [0.717, 1.165) is 0 Å². The molecule has 2 aromatic carbocycles. The molecule has 0 bridgehead atoms. The van der Waals surface area contributed by atoms with Gasteiger partial charge < -0.3 is 4.74 Å². The number of ketones is 1. The summed E-state index contributed by atoms with van der Waals surface area (Å²) < 4.78 is 20.5. The number of carbonyl (C=O) groups excluding carboxylic acids is 1. The molecule has 0 N–H and O–H groups in total. The van der Waals surface area contributed by atoms with Crippen molar-refractivity contribution in [3.05, 3.63) is 59.7 Å². The number of rotatable bonds is 3. The van der Waals surface area contributed by atoms with E-state index in [1.807, 2.05) is 0 Å². The molecule has 0 unspecified atom stereocenters. The largest absolute Gasteiger partial charge is 0.493 e. The molecule has 0 aliphatic carbocycles. The monoisotopic (exact) mass is 284 g/mol. The van der Waals surface area contributed by atoms with Crippen molar-refractivity contribution in [2.75, 3.05) is 7.11 Å². The Morgan fingerprint density at radius 3 is 2.62 bits per heavy atom. The molecule has 5 heteroatoms. The van der Waals surface area contributed by atoms with E-state index in [1.165, 1.54) is 30.1 Å². The van der Waals surface area contributed by atoms with Crippen molar-refractivity contribution < 1.29 is 13.9 Å². The van der Waals surface area contributed by atoms with E-state index >= 15 is 0 Å². The molecule has 0 spiro atoms. The SMILES string of the molecule is COc1cnn(C)c1C(=O)c1ccc(F)c2ccccc12. The lowest BCUT2D eigenvalue weighted by Gasteiger charge is -2.08. The Morgan fingerprint density at radius 1 is 1.19 bits per heavy atom. The van der Waals surface area contributed by atoms with Crippen LogP contribution < -0.4 is 4.74 Å². The van der Waals surface area contributed by atoms with Crippen LogP contribution in [0.5, 0.6) is 5.75 Å². The van der Waals surface area contributed by atoms with Gasteiger partial charge in [0.05, 0.1) is 13.3 Å². The summed E-state index contributed by atoms with van der Waals surface area (Å²) in [4.78, 5) is 12.8. The second-order valence-corrected chi connectivity index (χ2v) is 4.65. The fourth-order valence-electron chi connectivity index (χ4n) is 2.41. The summed E-state index contributed by atoms with van der Waals surface area (Å²) in [7, 11) is 3.15. The molecule has 0 amide bonds. The minimum atomic E-state index is -0.348. The third-order valence-corrected chi connectivity index (χ3v) is 3.46. The van der Waals surface area contributed by atoms with Gasteiger partial charge in [-0.2, -0.15) is 5.10 Å². The molecule has 1 heterocycles. The molecule has 3 rings (SSSR count). The second kappa shape index (κ2) is 5.01. The van der Waals surface area contributed by atoms with Gasteiger partial charge >= 0.3 is 0 Å². The number of hydrogen-bond donors (Lipinski definition) is 0. The lowest BCUT2D eigenvalue weighted by atomic mass is 9.99. The van der Waals surface area contributed by atoms with E-state index < -0.39 is 0 Å². The first-order valence-electron chi connectivity index (χ1n) is 6.41. The van der Waals surface area contributed by atoms with Gasteiger partial charge in [0.2, 0.25) is 5.78 Å². The zero-order chi connectivity index (χ0) is 15.0. The van der Waals surface area contributed by atoms with E-state index in [2.05, 4.69) is 5.10 Å². The van der Waals surface area contributed by atoms with Crippen LogP contribution in [-0.2, 0) is 7.05 Å². The van der Waals surface area contributed by atoms with Gasteiger partial charge in [-0.05, 0) is 17.5 Å². The smallest absolute Gasteiger partial charge is 0.215 e. The molecule has 21 heavy (non-hydrogen) atoms. The molecule has 0 aliphatic rings. The highest BCUT2D eigenvalue weighted by atomic mass is 19.1. The van der Waals surface area contributed by atoms with Gasteiger partial charge in [-0.25, -0.2) is 4.39 Å². The van der Waals surface area contributed by atoms with Gasteiger partial charge in [-0.3, -0.25) is 9.48 Å². The normalized spacial score (nSPS) is 10.8. The summed E-state index contributed by atoms with van der Waals surface area (Å²) in [6.45, 7) is 0. The van der Waals surface area contributed by atoms with Crippen molar-refractivity contribution in [2.24, 2.45) is 7.05 Å². The maximum absolute atomic E-state index is 13.8. The van der Waals surface area contributed by atoms with Crippen molar-refractivity contribution in [3.8, 4) is 5.75 Å². The third kappa shape index (κ3) is 2.07. The maximum atomic E-state index is 13.8. The molecular formula is C16H13FN2O2. The standard InChI is InChI=1S/C16H13FN2O2/c1-19-15(14(21-2)9-18-19)16(20)12-7-8-13(17)11-6-4-3-5-10(11)12/h3-9H,1-2H3. The number of methoxy groups -OCH3 is 1. The van der Waals surface area contributed by atoms with Gasteiger partial charge in [-0.1, -0.05) is 24.3 Å². The first-order valence-corrected chi connectivity index (χ1v) is 6.41. The predicted molar refractivity (Wildman–Crippen MR) is 77.1 cm³/mol. The Bertz CT molecular complexity index is 839. The van der Waals surface area contributed by atoms with Crippen molar-refractivity contribution in [1.29, 1.82) is 0 Å². The highest BCUT2D eigenvalue weighted by molar-refractivity contribution is 6.16. The average molecular weight is 284 g/mol. The molecule has 1 aromatic heterocycles. The summed E-state index contributed by atoms with van der Waals surface area (Å²) in [5.41, 5.74) is 0.767. The van der Waals surface area contributed by atoms with Gasteiger partial charge in [0.1, 0.15) is 5.82 Å². The van der Waals surface area contributed by atoms with Crippen molar-refractivity contribution in [1.82, 2.24) is 9.78 Å². The Kier molecular flexibility index (Phi) is 3.17. The molecule has 0 saturated carbocycles. The Balaban J connectivity index is 2.23. The third-order valence-electron chi connectivity index (χ3n) is 3.46. The molecule has 0 aliphatic heterocycles. The summed E-state index contributed by atoms with van der Waals surface area (Å²) in [5.74, 6) is -0.196. The van der Waals surface area contributed by atoms with Crippen LogP contribution in [0, 0.1) is 5.82 Å². The summed E-state index contributed by atoms with van der Waals surface area (Å²) >= 11 is 0. The van der Waals surface area contributed by atoms with Crippen LogP contribution in [0.2, 0.25) is 0 Å². The van der Waals surface area contributed by atoms with E-state index in [-0.39, 0.29) is 11.6 Å². The molecule has 0 saturated heterocycles. The molecule has 4 nitrogen and oxygen atoms in total. The number of hydrogen-bond acceptors (Lipinski definition) is 3. The fraction of sp³-hybridized carbons (Fsp3) is 0.125. The summed E-state index contributed by atoms with van der Waals surface area (Å²) in [5, 5.41) is 5.02. The van der Waals surface area contributed by atoms with Gasteiger partial charge in [0, 0.05) is 18.0 Å². The zero-order valence-electron chi connectivity index (χ0n) is 11.6. The highest BCUT2D eigenvalue weighted by Crippen LogP contribution is 2.27. The van der Waals surface area contributed by atoms with Crippen molar-refractivity contribution >= 4 is 16.6 Å². The van der Waals surface area contributed by atoms with E-state index in [4.69, 9.17) is 4.74 Å². The minimum Gasteiger partial charge on any atom is -0.493 e. The quantitative estimate of drug-likeness (QED) is 0.695. The topological polar surface area (TPSA) is 44.1 Å². The number of ether oxygens (including phenoxy) is 1. The summed E-state index contributed by atoms with van der Waals surface area (Å²) in [6.07, 6.45) is 1.49. The molecule has 0 radical (unpaired) electrons. The molecule has 106 valence electrons. The number of halogens is 1. The van der Waals surface area contributed by atoms with Gasteiger partial charge in [0.15, 0.2) is 11.4 Å². The lowest BCUT2D eigenvalue weighted by Crippen LogP contribution is -2.10. The van der Waals surface area contributed by atoms with E-state index in [9.17, 15) is 9.18 Å². The van der Waals surface area contributed by atoms with Crippen LogP contribution >= 0.6 is 0 Å². The Morgan fingerprint density at radius 2 is 1.90 bits per heavy atom. The molecule has 0 atom stereocenters. The van der Waals surface area contributed by atoms with Crippen LogP contribution in [0.3, 0.4) is 0 Å². The first kappa shape index (κ1) is 13.3. The molecule has 0 fully saturated rings. The first-order chi connectivity index (χ1) is 10.1. The Labute approximate surface area is 120 Å². The number of aromatic nitrogens is 2. The van der Waals surface area contributed by atoms with Crippen LogP contribution in [0.4, 0.5) is 4.39 Å². The highest BCUT2D eigenvalue weighted by Gasteiger charge is 2.21. The number of benzene rings is 2. The predicted octanol–water partition coefficient (Wildman–Crippen LogP) is 2.95. The zero-order valence-corrected chi connectivity index (χ0v) is 11.6. The lowest BCUT2D eigenvalue weighted by molar-refractivity contribution is 0.102. The van der Waals surface area contributed by atoms with Gasteiger partial charge in [-0.15, -0.1) is 0 Å². The second-order valence-electron chi connectivity index (χ2n) is 4.65. The molecule has 3 aromatic rings. The Hall–Kier alpha value is -2.69. The average Bonchev–Trinajstić information content (AvgIpc) is 2.88. The van der Waals surface area contributed by atoms with Crippen molar-refractivity contribution in [2.45, 2.75) is 0 Å². The van der Waals surface area contributed by atoms with Crippen LogP contribution in [0.1, 0.15) is 16.1 Å². The number of aryl methyl sites for hydroxylation is 1.